The van der Waals surface area contributed by atoms with Gasteiger partial charge in [0.1, 0.15) is 0 Å². The van der Waals surface area contributed by atoms with Crippen LogP contribution in [0.25, 0.3) is 17.0 Å². The van der Waals surface area contributed by atoms with Gasteiger partial charge in [0.05, 0.1) is 41.0 Å². The topological polar surface area (TPSA) is 117 Å². The Morgan fingerprint density at radius 2 is 2.00 bits per heavy atom. The second-order valence-corrected chi connectivity index (χ2v) is 8.88. The largest absolute Gasteiger partial charge is 0.416 e. The summed E-state index contributed by atoms with van der Waals surface area (Å²) in [5, 5.41) is 14.9. The van der Waals surface area contributed by atoms with E-state index in [1.807, 2.05) is 0 Å². The molecule has 2 heterocycles. The summed E-state index contributed by atoms with van der Waals surface area (Å²) in [5.41, 5.74) is 0.455. The van der Waals surface area contributed by atoms with Crippen LogP contribution in [0, 0.1) is 5.41 Å². The van der Waals surface area contributed by atoms with E-state index in [0.29, 0.717) is 16.5 Å². The number of aromatic nitrogens is 2. The molecule has 0 bridgehead atoms. The average molecular weight is 521 g/mol. The molecule has 1 aromatic heterocycles. The lowest BCUT2D eigenvalue weighted by Gasteiger charge is -2.14. The van der Waals surface area contributed by atoms with Crippen molar-refractivity contribution in [2.24, 2.45) is 10.9 Å². The lowest BCUT2D eigenvalue weighted by molar-refractivity contribution is -0.138. The number of hydrogen-bond acceptors (Lipinski definition) is 7. The minimum Gasteiger partial charge on any atom is -0.323 e. The Balaban J connectivity index is 1.60. The number of amides is 2. The van der Waals surface area contributed by atoms with E-state index in [1.54, 1.807) is 18.2 Å². The Bertz CT molecular complexity index is 1420. The lowest BCUT2D eigenvalue weighted by atomic mass is 10.1. The van der Waals surface area contributed by atoms with Crippen molar-refractivity contribution < 1.29 is 22.8 Å². The van der Waals surface area contributed by atoms with E-state index < -0.39 is 22.9 Å². The molecule has 1 aliphatic heterocycles. The fourth-order valence-electron chi connectivity index (χ4n) is 3.51. The SMILES string of the molecule is N=CC(CN1C(=O)S/C(=C\c2ccc3c(cnn3Cc3ccc(Cl)cc3C(F)(F)F)c2)C1=O)=NN. The molecule has 1 aliphatic rings. The highest BCUT2D eigenvalue weighted by molar-refractivity contribution is 8.18. The van der Waals surface area contributed by atoms with Gasteiger partial charge in [-0.3, -0.25) is 19.2 Å². The van der Waals surface area contributed by atoms with Gasteiger partial charge in [-0.1, -0.05) is 23.7 Å². The summed E-state index contributed by atoms with van der Waals surface area (Å²) < 4.78 is 41.8. The molecule has 1 fully saturated rings. The smallest absolute Gasteiger partial charge is 0.323 e. The van der Waals surface area contributed by atoms with Crippen molar-refractivity contribution in [1.29, 1.82) is 5.41 Å². The third-order valence-corrected chi connectivity index (χ3v) is 6.33. The molecule has 2 amide bonds. The standard InChI is InChI=1S/C22H16ClF3N6O2S/c23-15-3-2-13(17(7-15)22(24,25)26)10-32-18-4-1-12(5-14(18)9-29-32)6-19-20(33)31(21(34)35-19)11-16(8-27)30-28/h1-9,27H,10-11,28H2/b19-6-,27-8?,30-16?. The highest BCUT2D eigenvalue weighted by atomic mass is 35.5. The van der Waals surface area contributed by atoms with Gasteiger partial charge in [-0.15, -0.1) is 0 Å². The number of thioether (sulfide) groups is 1. The second-order valence-electron chi connectivity index (χ2n) is 7.45. The maximum atomic E-state index is 13.4. The number of alkyl halides is 3. The summed E-state index contributed by atoms with van der Waals surface area (Å²) in [7, 11) is 0. The van der Waals surface area contributed by atoms with Crippen LogP contribution in [0.2, 0.25) is 5.02 Å². The van der Waals surface area contributed by atoms with E-state index in [2.05, 4.69) is 10.2 Å². The number of halogens is 4. The van der Waals surface area contributed by atoms with Crippen molar-refractivity contribution in [2.75, 3.05) is 6.54 Å². The second kappa shape index (κ2) is 9.55. The molecule has 13 heteroatoms. The monoisotopic (exact) mass is 520 g/mol. The van der Waals surface area contributed by atoms with Gasteiger partial charge >= 0.3 is 6.18 Å². The first kappa shape index (κ1) is 24.5. The molecule has 0 aliphatic carbocycles. The molecule has 0 atom stereocenters. The number of hydrogen-bond donors (Lipinski definition) is 2. The Morgan fingerprint density at radius 3 is 2.69 bits per heavy atom. The zero-order valence-corrected chi connectivity index (χ0v) is 19.3. The molecule has 0 spiro atoms. The van der Waals surface area contributed by atoms with Crippen LogP contribution in [0.4, 0.5) is 18.0 Å². The molecule has 0 unspecified atom stereocenters. The van der Waals surface area contributed by atoms with E-state index in [1.165, 1.54) is 29.1 Å². The summed E-state index contributed by atoms with van der Waals surface area (Å²) in [4.78, 5) is 26.0. The Hall–Kier alpha value is -3.64. The third-order valence-electron chi connectivity index (χ3n) is 5.19. The van der Waals surface area contributed by atoms with Gasteiger partial charge in [-0.2, -0.15) is 23.4 Å². The average Bonchev–Trinajstić information content (AvgIpc) is 3.32. The van der Waals surface area contributed by atoms with Crippen LogP contribution in [0.5, 0.6) is 0 Å². The number of nitrogens with two attached hydrogens (primary N) is 1. The summed E-state index contributed by atoms with van der Waals surface area (Å²) in [6.07, 6.45) is -0.656. The van der Waals surface area contributed by atoms with Gasteiger partial charge in [-0.25, -0.2) is 0 Å². The number of hydrazone groups is 1. The maximum absolute atomic E-state index is 13.4. The number of imide groups is 1. The Labute approximate surface area is 205 Å². The van der Waals surface area contributed by atoms with Crippen molar-refractivity contribution in [1.82, 2.24) is 14.7 Å². The van der Waals surface area contributed by atoms with Crippen LogP contribution in [0.3, 0.4) is 0 Å². The summed E-state index contributed by atoms with van der Waals surface area (Å²) >= 11 is 6.50. The molecule has 180 valence electrons. The maximum Gasteiger partial charge on any atom is 0.416 e. The Kier molecular flexibility index (Phi) is 6.68. The molecule has 0 saturated carbocycles. The number of fused-ring (bicyclic) bond motifs is 1. The van der Waals surface area contributed by atoms with Crippen LogP contribution in [0.1, 0.15) is 16.7 Å². The summed E-state index contributed by atoms with van der Waals surface area (Å²) in [6.45, 7) is -0.329. The zero-order chi connectivity index (χ0) is 25.3. The summed E-state index contributed by atoms with van der Waals surface area (Å²) in [6, 6.07) is 8.67. The first-order chi connectivity index (χ1) is 16.6. The van der Waals surface area contributed by atoms with Gasteiger partial charge < -0.3 is 11.3 Å². The van der Waals surface area contributed by atoms with Crippen molar-refractivity contribution in [3.05, 3.63) is 69.2 Å². The van der Waals surface area contributed by atoms with E-state index in [4.69, 9.17) is 22.9 Å². The molecule has 3 N–H and O–H groups in total. The minimum atomic E-state index is -4.56. The van der Waals surface area contributed by atoms with Gasteiger partial charge in [0, 0.05) is 16.6 Å². The lowest BCUT2D eigenvalue weighted by Crippen LogP contribution is -2.34. The number of carbonyl (C=O) groups is 2. The number of nitrogens with one attached hydrogen (secondary N) is 1. The first-order valence-electron chi connectivity index (χ1n) is 9.94. The van der Waals surface area contributed by atoms with E-state index in [-0.39, 0.29) is 34.3 Å². The van der Waals surface area contributed by atoms with Crippen LogP contribution in [0.15, 0.2) is 52.6 Å². The van der Waals surface area contributed by atoms with Gasteiger partial charge in [-0.05, 0) is 53.2 Å². The fourth-order valence-corrected chi connectivity index (χ4v) is 4.52. The van der Waals surface area contributed by atoms with Gasteiger partial charge in [0.25, 0.3) is 11.1 Å². The molecule has 3 aromatic rings. The van der Waals surface area contributed by atoms with Crippen LogP contribution in [-0.2, 0) is 17.5 Å². The van der Waals surface area contributed by atoms with Gasteiger partial charge in [0.2, 0.25) is 0 Å². The van der Waals surface area contributed by atoms with Crippen LogP contribution in [-0.4, -0.2) is 44.3 Å². The Morgan fingerprint density at radius 1 is 1.23 bits per heavy atom. The van der Waals surface area contributed by atoms with E-state index in [9.17, 15) is 22.8 Å². The highest BCUT2D eigenvalue weighted by Gasteiger charge is 2.36. The molecule has 0 radical (unpaired) electrons. The molecule has 4 rings (SSSR count). The number of carbonyl (C=O) groups excluding carboxylic acids is 2. The highest BCUT2D eigenvalue weighted by Crippen LogP contribution is 2.35. The first-order valence-corrected chi connectivity index (χ1v) is 11.1. The van der Waals surface area contributed by atoms with Crippen molar-refractivity contribution in [3.8, 4) is 0 Å². The van der Waals surface area contributed by atoms with E-state index >= 15 is 0 Å². The minimum absolute atomic E-state index is 0.00943. The fraction of sp³-hybridized carbons (Fsp3) is 0.136. The van der Waals surface area contributed by atoms with Crippen molar-refractivity contribution in [3.63, 3.8) is 0 Å². The number of rotatable bonds is 6. The number of benzene rings is 2. The van der Waals surface area contributed by atoms with Gasteiger partial charge in [0.15, 0.2) is 0 Å². The predicted octanol–water partition coefficient (Wildman–Crippen LogP) is 4.76. The quantitative estimate of drug-likeness (QED) is 0.210. The third kappa shape index (κ3) is 5.08. The van der Waals surface area contributed by atoms with Crippen molar-refractivity contribution >= 4 is 63.4 Å². The number of nitrogens with zero attached hydrogens (tertiary/aromatic N) is 4. The van der Waals surface area contributed by atoms with Crippen molar-refractivity contribution in [2.45, 2.75) is 12.7 Å². The molecule has 8 nitrogen and oxygen atoms in total. The molecule has 2 aromatic carbocycles. The predicted molar refractivity (Wildman–Crippen MR) is 128 cm³/mol. The molecule has 1 saturated heterocycles. The van der Waals surface area contributed by atoms with Crippen LogP contribution < -0.4 is 5.84 Å². The van der Waals surface area contributed by atoms with Crippen LogP contribution >= 0.6 is 23.4 Å². The zero-order valence-electron chi connectivity index (χ0n) is 17.7. The molecular formula is C22H16ClF3N6O2S. The van der Waals surface area contributed by atoms with E-state index in [0.717, 1.165) is 28.9 Å². The summed E-state index contributed by atoms with van der Waals surface area (Å²) in [5.74, 6) is 4.61. The molecular weight excluding hydrogens is 505 g/mol. The normalized spacial score (nSPS) is 16.1. The molecule has 35 heavy (non-hydrogen) atoms.